The highest BCUT2D eigenvalue weighted by Gasteiger charge is 2.26. The quantitative estimate of drug-likeness (QED) is 0.789. The van der Waals surface area contributed by atoms with E-state index in [2.05, 4.69) is 13.8 Å². The summed E-state index contributed by atoms with van der Waals surface area (Å²) in [6.07, 6.45) is 5.44. The molecule has 1 aliphatic rings. The lowest BCUT2D eigenvalue weighted by molar-refractivity contribution is -0.132. The first-order valence-corrected chi connectivity index (χ1v) is 7.31. The van der Waals surface area contributed by atoms with Crippen molar-refractivity contribution in [3.63, 3.8) is 0 Å². The molecule has 1 aliphatic heterocycles. The lowest BCUT2D eigenvalue weighted by Crippen LogP contribution is -2.46. The second kappa shape index (κ2) is 7.25. The van der Waals surface area contributed by atoms with Crippen LogP contribution in [0.3, 0.4) is 0 Å². The van der Waals surface area contributed by atoms with Crippen molar-refractivity contribution in [3.05, 3.63) is 42.0 Å². The van der Waals surface area contributed by atoms with Crippen molar-refractivity contribution in [2.75, 3.05) is 13.2 Å². The molecule has 1 heterocycles. The number of amides is 1. The highest BCUT2D eigenvalue weighted by atomic mass is 16.5. The van der Waals surface area contributed by atoms with Crippen LogP contribution < -0.4 is 0 Å². The van der Waals surface area contributed by atoms with Gasteiger partial charge in [0.1, 0.15) is 0 Å². The fourth-order valence-electron chi connectivity index (χ4n) is 2.64. The van der Waals surface area contributed by atoms with E-state index in [1.807, 2.05) is 41.3 Å². The zero-order valence-electron chi connectivity index (χ0n) is 12.3. The molecule has 1 aromatic rings. The molecule has 20 heavy (non-hydrogen) atoms. The largest absolute Gasteiger partial charge is 0.381 e. The van der Waals surface area contributed by atoms with Crippen molar-refractivity contribution < 1.29 is 9.53 Å². The van der Waals surface area contributed by atoms with Crippen molar-refractivity contribution in [2.24, 2.45) is 0 Å². The van der Waals surface area contributed by atoms with E-state index in [0.29, 0.717) is 6.04 Å². The molecule has 108 valence electrons. The van der Waals surface area contributed by atoms with E-state index in [1.54, 1.807) is 6.08 Å². The van der Waals surface area contributed by atoms with Gasteiger partial charge in [0, 0.05) is 31.4 Å². The Morgan fingerprint density at radius 2 is 1.90 bits per heavy atom. The van der Waals surface area contributed by atoms with Crippen LogP contribution in [0.5, 0.6) is 0 Å². The fourth-order valence-corrected chi connectivity index (χ4v) is 2.64. The number of rotatable bonds is 4. The molecular weight excluding hydrogens is 250 g/mol. The Bertz CT molecular complexity index is 447. The summed E-state index contributed by atoms with van der Waals surface area (Å²) in [5.74, 6) is 0.0933. The van der Waals surface area contributed by atoms with Gasteiger partial charge >= 0.3 is 0 Å². The highest BCUT2D eigenvalue weighted by molar-refractivity contribution is 5.92. The lowest BCUT2D eigenvalue weighted by Gasteiger charge is -2.36. The van der Waals surface area contributed by atoms with Crippen LogP contribution in [0.25, 0.3) is 6.08 Å². The van der Waals surface area contributed by atoms with Crippen LogP contribution in [0, 0.1) is 0 Å². The Morgan fingerprint density at radius 3 is 2.50 bits per heavy atom. The molecule has 3 heteroatoms. The maximum absolute atomic E-state index is 12.5. The van der Waals surface area contributed by atoms with Gasteiger partial charge in [-0.2, -0.15) is 0 Å². The molecule has 3 nitrogen and oxygen atoms in total. The maximum atomic E-state index is 12.5. The number of ether oxygens (including phenoxy) is 1. The van der Waals surface area contributed by atoms with E-state index >= 15 is 0 Å². The molecule has 0 radical (unpaired) electrons. The van der Waals surface area contributed by atoms with Gasteiger partial charge in [0.05, 0.1) is 0 Å². The van der Waals surface area contributed by atoms with Gasteiger partial charge in [-0.1, -0.05) is 30.3 Å². The summed E-state index contributed by atoms with van der Waals surface area (Å²) in [6.45, 7) is 5.65. The summed E-state index contributed by atoms with van der Waals surface area (Å²) in [7, 11) is 0. The fraction of sp³-hybridized carbons (Fsp3) is 0.471. The molecule has 1 saturated heterocycles. The number of nitrogens with zero attached hydrogens (tertiary/aromatic N) is 1. The third-order valence-electron chi connectivity index (χ3n) is 3.61. The lowest BCUT2D eigenvalue weighted by atomic mass is 10.0. The number of carbonyl (C=O) groups is 1. The number of carbonyl (C=O) groups excluding carboxylic acids is 1. The summed E-state index contributed by atoms with van der Waals surface area (Å²) >= 11 is 0. The molecule has 0 aromatic heterocycles. The van der Waals surface area contributed by atoms with Gasteiger partial charge in [-0.05, 0) is 38.3 Å². The molecule has 0 N–H and O–H groups in total. The molecule has 0 saturated carbocycles. The average molecular weight is 273 g/mol. The minimum absolute atomic E-state index is 0.0933. The summed E-state index contributed by atoms with van der Waals surface area (Å²) in [6, 6.07) is 10.4. The monoisotopic (exact) mass is 273 g/mol. The van der Waals surface area contributed by atoms with E-state index in [9.17, 15) is 4.79 Å². The summed E-state index contributed by atoms with van der Waals surface area (Å²) in [4.78, 5) is 14.4. The Balaban J connectivity index is 2.05. The summed E-state index contributed by atoms with van der Waals surface area (Å²) in [5.41, 5.74) is 1.05. The van der Waals surface area contributed by atoms with Crippen LogP contribution in [0.4, 0.5) is 0 Å². The van der Waals surface area contributed by atoms with Gasteiger partial charge in [0.25, 0.3) is 0 Å². The van der Waals surface area contributed by atoms with Crippen molar-refractivity contribution in [1.29, 1.82) is 0 Å². The van der Waals surface area contributed by atoms with Crippen LogP contribution in [0.2, 0.25) is 0 Å². The molecule has 1 amide bonds. The first-order valence-electron chi connectivity index (χ1n) is 7.31. The van der Waals surface area contributed by atoms with Gasteiger partial charge in [-0.15, -0.1) is 0 Å². The predicted octanol–water partition coefficient (Wildman–Crippen LogP) is 3.12. The zero-order valence-corrected chi connectivity index (χ0v) is 12.3. The first-order chi connectivity index (χ1) is 9.68. The van der Waals surface area contributed by atoms with E-state index in [4.69, 9.17) is 4.74 Å². The minimum Gasteiger partial charge on any atom is -0.381 e. The van der Waals surface area contributed by atoms with Crippen LogP contribution in [0.15, 0.2) is 36.4 Å². The van der Waals surface area contributed by atoms with Gasteiger partial charge < -0.3 is 9.64 Å². The van der Waals surface area contributed by atoms with Crippen LogP contribution in [-0.4, -0.2) is 36.1 Å². The van der Waals surface area contributed by atoms with E-state index in [0.717, 1.165) is 31.6 Å². The van der Waals surface area contributed by atoms with Crippen LogP contribution >= 0.6 is 0 Å². The molecule has 0 atom stereocenters. The SMILES string of the molecule is CC(C)N(C(=O)/C=C/c1ccccc1)C1CCOCC1. The van der Waals surface area contributed by atoms with Gasteiger partial charge in [0.15, 0.2) is 0 Å². The van der Waals surface area contributed by atoms with Crippen molar-refractivity contribution in [3.8, 4) is 0 Å². The number of benzene rings is 1. The van der Waals surface area contributed by atoms with Crippen molar-refractivity contribution >= 4 is 12.0 Å². The molecule has 0 unspecified atom stereocenters. The molecule has 0 spiro atoms. The summed E-state index contributed by atoms with van der Waals surface area (Å²) in [5, 5.41) is 0. The maximum Gasteiger partial charge on any atom is 0.247 e. The summed E-state index contributed by atoms with van der Waals surface area (Å²) < 4.78 is 5.38. The van der Waals surface area contributed by atoms with Crippen LogP contribution in [0.1, 0.15) is 32.3 Å². The zero-order chi connectivity index (χ0) is 14.4. The third-order valence-corrected chi connectivity index (χ3v) is 3.61. The second-order valence-corrected chi connectivity index (χ2v) is 5.43. The second-order valence-electron chi connectivity index (χ2n) is 5.43. The number of hydrogen-bond acceptors (Lipinski definition) is 2. The topological polar surface area (TPSA) is 29.5 Å². The van der Waals surface area contributed by atoms with Gasteiger partial charge in [-0.25, -0.2) is 0 Å². The van der Waals surface area contributed by atoms with Crippen LogP contribution in [-0.2, 0) is 9.53 Å². The Morgan fingerprint density at radius 1 is 1.25 bits per heavy atom. The Kier molecular flexibility index (Phi) is 5.36. The predicted molar refractivity (Wildman–Crippen MR) is 81.3 cm³/mol. The smallest absolute Gasteiger partial charge is 0.247 e. The normalized spacial score (nSPS) is 16.8. The molecule has 1 aromatic carbocycles. The third kappa shape index (κ3) is 3.94. The molecule has 1 fully saturated rings. The molecule has 0 aliphatic carbocycles. The first kappa shape index (κ1) is 14.8. The molecular formula is C17H23NO2. The van der Waals surface area contributed by atoms with E-state index < -0.39 is 0 Å². The minimum atomic E-state index is 0.0933. The van der Waals surface area contributed by atoms with Crippen molar-refractivity contribution in [1.82, 2.24) is 4.90 Å². The van der Waals surface area contributed by atoms with Gasteiger partial charge in [0.2, 0.25) is 5.91 Å². The Hall–Kier alpha value is -1.61. The number of hydrogen-bond donors (Lipinski definition) is 0. The van der Waals surface area contributed by atoms with Gasteiger partial charge in [-0.3, -0.25) is 4.79 Å². The molecule has 0 bridgehead atoms. The average Bonchev–Trinajstić information content (AvgIpc) is 2.47. The van der Waals surface area contributed by atoms with E-state index in [1.165, 1.54) is 0 Å². The Labute approximate surface area is 121 Å². The standard InChI is InChI=1S/C17H23NO2/c1-14(2)18(16-10-12-20-13-11-16)17(19)9-8-15-6-4-3-5-7-15/h3-9,14,16H,10-13H2,1-2H3/b9-8+. The highest BCUT2D eigenvalue weighted by Crippen LogP contribution is 2.18. The van der Waals surface area contributed by atoms with E-state index in [-0.39, 0.29) is 11.9 Å². The van der Waals surface area contributed by atoms with Crippen molar-refractivity contribution in [2.45, 2.75) is 38.8 Å². The molecule has 2 rings (SSSR count).